The first kappa shape index (κ1) is 58.8. The second-order valence-corrected chi connectivity index (χ2v) is 16.0. The molecule has 0 rings (SSSR count). The molecule has 0 bridgehead atoms. The number of esters is 3. The number of hydrogen-bond acceptors (Lipinski definition) is 6. The Labute approximate surface area is 386 Å². The van der Waals surface area contributed by atoms with Crippen LogP contribution in [0.5, 0.6) is 0 Å². The molecule has 1 unspecified atom stereocenters. The highest BCUT2D eigenvalue weighted by molar-refractivity contribution is 5.71. The SMILES string of the molecule is CC\C=C/C=C\C=C/C=C\CCCCCCCC(=O)OC(COC(=O)CC/C=C\C/C=C\C/C=C\C/C=C\C/C=C\CC)COC(=O)CCCCC/C=C\CCCCCCCCC. The fourth-order valence-electron chi connectivity index (χ4n) is 6.32. The van der Waals surface area contributed by atoms with E-state index in [0.717, 1.165) is 109 Å². The fraction of sp³-hybridized carbons (Fsp3) is 0.596. The summed E-state index contributed by atoms with van der Waals surface area (Å²) in [6.07, 6.45) is 69.0. The van der Waals surface area contributed by atoms with Crippen molar-refractivity contribution in [2.75, 3.05) is 13.2 Å². The van der Waals surface area contributed by atoms with Gasteiger partial charge in [-0.25, -0.2) is 0 Å². The summed E-state index contributed by atoms with van der Waals surface area (Å²) in [4.78, 5) is 37.9. The van der Waals surface area contributed by atoms with Gasteiger partial charge in [0.15, 0.2) is 6.10 Å². The Morgan fingerprint density at radius 1 is 0.349 bits per heavy atom. The van der Waals surface area contributed by atoms with Gasteiger partial charge < -0.3 is 14.2 Å². The molecule has 6 heteroatoms. The molecule has 0 aliphatic rings. The minimum atomic E-state index is -0.829. The molecule has 0 saturated carbocycles. The maximum atomic E-state index is 12.8. The molecule has 354 valence electrons. The molecule has 0 aliphatic heterocycles. The van der Waals surface area contributed by atoms with Crippen molar-refractivity contribution in [1.82, 2.24) is 0 Å². The highest BCUT2D eigenvalue weighted by Gasteiger charge is 2.19. The molecular formula is C57H90O6. The zero-order chi connectivity index (χ0) is 45.8. The Hall–Kier alpha value is -4.19. The van der Waals surface area contributed by atoms with E-state index in [1.54, 1.807) is 0 Å². The molecule has 63 heavy (non-hydrogen) atoms. The molecule has 0 spiro atoms. The van der Waals surface area contributed by atoms with Gasteiger partial charge in [-0.2, -0.15) is 0 Å². The van der Waals surface area contributed by atoms with Crippen molar-refractivity contribution in [3.8, 4) is 0 Å². The lowest BCUT2D eigenvalue weighted by atomic mass is 10.1. The van der Waals surface area contributed by atoms with Crippen LogP contribution < -0.4 is 0 Å². The molecule has 0 aromatic heterocycles. The van der Waals surface area contributed by atoms with Crippen molar-refractivity contribution in [3.05, 3.63) is 122 Å². The summed E-state index contributed by atoms with van der Waals surface area (Å²) in [5.41, 5.74) is 0. The molecule has 0 fully saturated rings. The minimum Gasteiger partial charge on any atom is -0.462 e. The molecule has 0 aromatic carbocycles. The van der Waals surface area contributed by atoms with Crippen LogP contribution in [0.15, 0.2) is 122 Å². The van der Waals surface area contributed by atoms with Crippen LogP contribution in [0.25, 0.3) is 0 Å². The summed E-state index contributed by atoms with van der Waals surface area (Å²) in [6, 6.07) is 0. The summed E-state index contributed by atoms with van der Waals surface area (Å²) in [6.45, 7) is 6.26. The van der Waals surface area contributed by atoms with Crippen molar-refractivity contribution in [2.45, 2.75) is 207 Å². The van der Waals surface area contributed by atoms with Gasteiger partial charge >= 0.3 is 17.9 Å². The van der Waals surface area contributed by atoms with E-state index in [4.69, 9.17) is 14.2 Å². The van der Waals surface area contributed by atoms with Gasteiger partial charge in [0.05, 0.1) is 0 Å². The van der Waals surface area contributed by atoms with Crippen LogP contribution in [-0.4, -0.2) is 37.2 Å². The van der Waals surface area contributed by atoms with Gasteiger partial charge in [-0.05, 0) is 96.3 Å². The molecule has 0 amide bonds. The number of allylic oxidation sites excluding steroid dienone is 20. The summed E-state index contributed by atoms with van der Waals surface area (Å²) in [7, 11) is 0. The Morgan fingerprint density at radius 3 is 1.27 bits per heavy atom. The Morgan fingerprint density at radius 2 is 0.730 bits per heavy atom. The maximum Gasteiger partial charge on any atom is 0.306 e. The van der Waals surface area contributed by atoms with Crippen LogP contribution >= 0.6 is 0 Å². The number of rotatable bonds is 43. The lowest BCUT2D eigenvalue weighted by Crippen LogP contribution is -2.30. The maximum absolute atomic E-state index is 12.8. The molecular weight excluding hydrogens is 781 g/mol. The smallest absolute Gasteiger partial charge is 0.306 e. The van der Waals surface area contributed by atoms with Crippen LogP contribution in [0, 0.1) is 0 Å². The van der Waals surface area contributed by atoms with E-state index < -0.39 is 6.10 Å². The van der Waals surface area contributed by atoms with Gasteiger partial charge in [-0.3, -0.25) is 14.4 Å². The Kier molecular flexibility index (Phi) is 47.1. The molecule has 0 aliphatic carbocycles. The summed E-state index contributed by atoms with van der Waals surface area (Å²) in [5, 5.41) is 0. The quantitative estimate of drug-likeness (QED) is 0.0200. The van der Waals surface area contributed by atoms with E-state index >= 15 is 0 Å². The largest absolute Gasteiger partial charge is 0.462 e. The first-order valence-electron chi connectivity index (χ1n) is 25.1. The Bertz CT molecular complexity index is 1370. The molecule has 6 nitrogen and oxygen atoms in total. The van der Waals surface area contributed by atoms with Crippen LogP contribution in [-0.2, 0) is 28.6 Å². The van der Waals surface area contributed by atoms with Gasteiger partial charge in [-0.1, -0.05) is 206 Å². The zero-order valence-corrected chi connectivity index (χ0v) is 40.3. The second kappa shape index (κ2) is 50.5. The van der Waals surface area contributed by atoms with Gasteiger partial charge in [0.2, 0.25) is 0 Å². The first-order chi connectivity index (χ1) is 31.0. The zero-order valence-electron chi connectivity index (χ0n) is 40.3. The van der Waals surface area contributed by atoms with Crippen molar-refractivity contribution in [3.63, 3.8) is 0 Å². The van der Waals surface area contributed by atoms with Gasteiger partial charge in [0, 0.05) is 19.3 Å². The number of carbonyl (C=O) groups is 3. The van der Waals surface area contributed by atoms with E-state index in [1.165, 1.54) is 44.9 Å². The lowest BCUT2D eigenvalue weighted by molar-refractivity contribution is -0.166. The van der Waals surface area contributed by atoms with Gasteiger partial charge in [0.1, 0.15) is 13.2 Å². The first-order valence-corrected chi connectivity index (χ1v) is 25.1. The standard InChI is InChI=1S/C57H90O6/c1-4-7-10-13-16-19-22-25-28-30-32-35-38-41-44-47-50-56(59)62-53-54(52-61-55(58)49-46-43-40-37-34-31-27-24-21-18-15-12-9-6-3)63-57(60)51-48-45-42-39-36-33-29-26-23-20-17-14-11-8-5-2/h7-8,10-11,14,16-17,19-20,23,25-26,28-29,31-32,34-35,41,44,54H,4-6,9,12-13,15,18,21-22,24,27,30,33,36-40,42-43,45-53H2,1-3H3/b10-7-,11-8-,17-14-,19-16-,23-20-,28-25-,29-26-,34-31-,35-32-,44-41-. The number of ether oxygens (including phenoxy) is 3. The monoisotopic (exact) mass is 871 g/mol. The molecule has 0 N–H and O–H groups in total. The third-order valence-corrected chi connectivity index (χ3v) is 10.0. The fourth-order valence-corrected chi connectivity index (χ4v) is 6.32. The van der Waals surface area contributed by atoms with Gasteiger partial charge in [-0.15, -0.1) is 0 Å². The summed E-state index contributed by atoms with van der Waals surface area (Å²) < 4.78 is 16.7. The van der Waals surface area contributed by atoms with Crippen LogP contribution in [0.4, 0.5) is 0 Å². The van der Waals surface area contributed by atoms with Crippen molar-refractivity contribution in [2.24, 2.45) is 0 Å². The average molecular weight is 871 g/mol. The van der Waals surface area contributed by atoms with Crippen molar-refractivity contribution >= 4 is 17.9 Å². The lowest BCUT2D eigenvalue weighted by Gasteiger charge is -2.18. The Balaban J connectivity index is 4.59. The third-order valence-electron chi connectivity index (χ3n) is 10.0. The second-order valence-electron chi connectivity index (χ2n) is 16.0. The third kappa shape index (κ3) is 48.7. The van der Waals surface area contributed by atoms with Gasteiger partial charge in [0.25, 0.3) is 0 Å². The van der Waals surface area contributed by atoms with Crippen LogP contribution in [0.1, 0.15) is 201 Å². The van der Waals surface area contributed by atoms with E-state index in [9.17, 15) is 14.4 Å². The topological polar surface area (TPSA) is 78.9 Å². The molecule has 0 heterocycles. The number of hydrogen-bond donors (Lipinski definition) is 0. The predicted molar refractivity (Wildman–Crippen MR) is 269 cm³/mol. The average Bonchev–Trinajstić information content (AvgIpc) is 3.28. The van der Waals surface area contributed by atoms with E-state index in [-0.39, 0.29) is 44.0 Å². The number of carbonyl (C=O) groups excluding carboxylic acids is 3. The van der Waals surface area contributed by atoms with Crippen molar-refractivity contribution < 1.29 is 28.6 Å². The highest BCUT2D eigenvalue weighted by atomic mass is 16.6. The summed E-state index contributed by atoms with van der Waals surface area (Å²) >= 11 is 0. The van der Waals surface area contributed by atoms with Crippen molar-refractivity contribution in [1.29, 1.82) is 0 Å². The van der Waals surface area contributed by atoms with Crippen LogP contribution in [0.2, 0.25) is 0 Å². The molecule has 1 atom stereocenters. The van der Waals surface area contributed by atoms with Crippen LogP contribution in [0.3, 0.4) is 0 Å². The number of unbranched alkanes of at least 4 members (excludes halogenated alkanes) is 15. The molecule has 0 radical (unpaired) electrons. The summed E-state index contributed by atoms with van der Waals surface area (Å²) in [5.74, 6) is -1.06. The minimum absolute atomic E-state index is 0.122. The normalized spacial score (nSPS) is 13.1. The van der Waals surface area contributed by atoms with E-state index in [0.29, 0.717) is 12.8 Å². The van der Waals surface area contributed by atoms with E-state index in [2.05, 4.69) is 106 Å². The van der Waals surface area contributed by atoms with E-state index in [1.807, 2.05) is 36.5 Å². The molecule has 0 saturated heterocycles. The predicted octanol–water partition coefficient (Wildman–Crippen LogP) is 16.5. The highest BCUT2D eigenvalue weighted by Crippen LogP contribution is 2.12. The molecule has 0 aromatic rings.